The zero-order chi connectivity index (χ0) is 21.1. The Bertz CT molecular complexity index is 907. The average molecular weight is 414 g/mol. The number of likely N-dealkylation sites (tertiary alicyclic amines) is 1. The van der Waals surface area contributed by atoms with Gasteiger partial charge in [0.15, 0.2) is 0 Å². The molecule has 0 aromatic heterocycles. The lowest BCUT2D eigenvalue weighted by Crippen LogP contribution is -2.54. The van der Waals surface area contributed by atoms with Gasteiger partial charge in [0.1, 0.15) is 18.2 Å². The molecule has 0 radical (unpaired) electrons. The molecule has 0 bridgehead atoms. The maximum Gasteiger partial charge on any atom is 0.246 e. The van der Waals surface area contributed by atoms with Crippen LogP contribution < -0.4 is 0 Å². The maximum absolute atomic E-state index is 13.9. The van der Waals surface area contributed by atoms with Gasteiger partial charge in [-0.2, -0.15) is 0 Å². The second kappa shape index (κ2) is 8.52. The van der Waals surface area contributed by atoms with Crippen LogP contribution in [-0.2, 0) is 27.5 Å². The van der Waals surface area contributed by atoms with Gasteiger partial charge in [0.05, 0.1) is 12.0 Å². The first kappa shape index (κ1) is 20.5. The maximum atomic E-state index is 13.9. The van der Waals surface area contributed by atoms with Gasteiger partial charge in [-0.3, -0.25) is 14.4 Å². The van der Waals surface area contributed by atoms with Crippen LogP contribution in [0.4, 0.5) is 8.78 Å². The van der Waals surface area contributed by atoms with Crippen molar-refractivity contribution in [3.8, 4) is 0 Å². The van der Waals surface area contributed by atoms with Gasteiger partial charge in [-0.15, -0.1) is 0 Å². The highest BCUT2D eigenvalue weighted by Gasteiger charge is 2.48. The first-order valence-corrected chi connectivity index (χ1v) is 10.2. The van der Waals surface area contributed by atoms with E-state index in [1.807, 2.05) is 30.3 Å². The molecular formula is C23H24F2N2O3. The molecule has 0 unspecified atom stereocenters. The molecule has 0 N–H and O–H groups in total. The number of halogens is 2. The standard InChI is InChI=1S/C23H24F2N2O3/c24-19-7-4-8-20(25)18(19)15-22(29)26-13-11-23(12-14-26)10-9-21(28)27(23)30-16-17-5-2-1-3-6-17/h1-8H,9-16H2. The molecule has 0 aliphatic carbocycles. The van der Waals surface area contributed by atoms with Gasteiger partial charge >= 0.3 is 0 Å². The van der Waals surface area contributed by atoms with Gasteiger partial charge in [-0.05, 0) is 37.0 Å². The number of carbonyl (C=O) groups is 2. The molecule has 2 aromatic rings. The van der Waals surface area contributed by atoms with E-state index in [0.717, 1.165) is 17.7 Å². The van der Waals surface area contributed by atoms with E-state index in [1.165, 1.54) is 11.1 Å². The molecule has 2 aromatic carbocycles. The third-order valence-electron chi connectivity index (χ3n) is 6.10. The highest BCUT2D eigenvalue weighted by molar-refractivity contribution is 5.80. The number of hydrogen-bond acceptors (Lipinski definition) is 3. The van der Waals surface area contributed by atoms with Gasteiger partial charge in [0.25, 0.3) is 0 Å². The van der Waals surface area contributed by atoms with E-state index in [4.69, 9.17) is 4.84 Å². The molecule has 1 spiro atoms. The Morgan fingerprint density at radius 3 is 2.30 bits per heavy atom. The van der Waals surface area contributed by atoms with Crippen molar-refractivity contribution in [3.63, 3.8) is 0 Å². The fraction of sp³-hybridized carbons (Fsp3) is 0.391. The van der Waals surface area contributed by atoms with Crippen LogP contribution in [0.1, 0.15) is 36.8 Å². The van der Waals surface area contributed by atoms with Crippen LogP contribution in [0.5, 0.6) is 0 Å². The summed E-state index contributed by atoms with van der Waals surface area (Å²) >= 11 is 0. The third-order valence-corrected chi connectivity index (χ3v) is 6.10. The van der Waals surface area contributed by atoms with Crippen LogP contribution in [0, 0.1) is 11.6 Å². The first-order chi connectivity index (χ1) is 14.5. The molecule has 158 valence electrons. The number of rotatable bonds is 5. The zero-order valence-electron chi connectivity index (χ0n) is 16.7. The molecule has 30 heavy (non-hydrogen) atoms. The lowest BCUT2D eigenvalue weighted by atomic mass is 9.85. The summed E-state index contributed by atoms with van der Waals surface area (Å²) in [6.45, 7) is 1.16. The Kier molecular flexibility index (Phi) is 5.81. The predicted molar refractivity (Wildman–Crippen MR) is 106 cm³/mol. The molecule has 2 aliphatic heterocycles. The highest BCUT2D eigenvalue weighted by Crippen LogP contribution is 2.39. The molecule has 2 fully saturated rings. The van der Waals surface area contributed by atoms with Gasteiger partial charge in [-0.1, -0.05) is 36.4 Å². The number of benzene rings is 2. The lowest BCUT2D eigenvalue weighted by Gasteiger charge is -2.43. The molecule has 7 heteroatoms. The molecule has 2 aliphatic rings. The van der Waals surface area contributed by atoms with E-state index in [-0.39, 0.29) is 23.8 Å². The van der Waals surface area contributed by atoms with Gasteiger partial charge in [0.2, 0.25) is 11.8 Å². The van der Waals surface area contributed by atoms with Crippen LogP contribution in [0.3, 0.4) is 0 Å². The molecule has 0 atom stereocenters. The van der Waals surface area contributed by atoms with Crippen molar-refractivity contribution in [2.24, 2.45) is 0 Å². The van der Waals surface area contributed by atoms with E-state index in [0.29, 0.717) is 45.4 Å². The number of amides is 2. The fourth-order valence-electron chi connectivity index (χ4n) is 4.32. The van der Waals surface area contributed by atoms with Crippen molar-refractivity contribution < 1.29 is 23.2 Å². The Morgan fingerprint density at radius 2 is 1.63 bits per heavy atom. The molecule has 2 amide bonds. The zero-order valence-corrected chi connectivity index (χ0v) is 16.7. The molecule has 4 rings (SSSR count). The molecule has 0 saturated carbocycles. The first-order valence-electron chi connectivity index (χ1n) is 10.2. The second-order valence-corrected chi connectivity index (χ2v) is 7.93. The molecular weight excluding hydrogens is 390 g/mol. The van der Waals surface area contributed by atoms with Crippen LogP contribution in [0.15, 0.2) is 48.5 Å². The Hall–Kier alpha value is -2.80. The number of carbonyl (C=O) groups excluding carboxylic acids is 2. The fourth-order valence-corrected chi connectivity index (χ4v) is 4.32. The van der Waals surface area contributed by atoms with Crippen molar-refractivity contribution in [2.75, 3.05) is 13.1 Å². The minimum Gasteiger partial charge on any atom is -0.342 e. The summed E-state index contributed by atoms with van der Waals surface area (Å²) in [6, 6.07) is 13.2. The van der Waals surface area contributed by atoms with Crippen molar-refractivity contribution in [2.45, 2.75) is 44.2 Å². The summed E-state index contributed by atoms with van der Waals surface area (Å²) in [7, 11) is 0. The summed E-state index contributed by atoms with van der Waals surface area (Å²) in [5.41, 5.74) is 0.352. The summed E-state index contributed by atoms with van der Waals surface area (Å²) in [6.07, 6.45) is 1.96. The van der Waals surface area contributed by atoms with Gasteiger partial charge in [-0.25, -0.2) is 13.8 Å². The summed E-state index contributed by atoms with van der Waals surface area (Å²) in [5.74, 6) is -1.77. The van der Waals surface area contributed by atoms with Gasteiger partial charge < -0.3 is 4.90 Å². The minimum atomic E-state index is -0.710. The normalized spacial score (nSPS) is 18.3. The SMILES string of the molecule is O=C(Cc1c(F)cccc1F)N1CCC2(CCC(=O)N2OCc2ccccc2)CC1. The Morgan fingerprint density at radius 1 is 0.967 bits per heavy atom. The topological polar surface area (TPSA) is 49.9 Å². The lowest BCUT2D eigenvalue weighted by molar-refractivity contribution is -0.222. The van der Waals surface area contributed by atoms with Crippen LogP contribution in [-0.4, -0.2) is 40.4 Å². The predicted octanol–water partition coefficient (Wildman–Crippen LogP) is 3.62. The second-order valence-electron chi connectivity index (χ2n) is 7.93. The summed E-state index contributed by atoms with van der Waals surface area (Å²) < 4.78 is 27.7. The summed E-state index contributed by atoms with van der Waals surface area (Å²) in [5, 5.41) is 1.51. The average Bonchev–Trinajstić information content (AvgIpc) is 3.05. The smallest absolute Gasteiger partial charge is 0.246 e. The van der Waals surface area contributed by atoms with E-state index < -0.39 is 17.2 Å². The highest BCUT2D eigenvalue weighted by atomic mass is 19.1. The molecule has 5 nitrogen and oxygen atoms in total. The number of piperidine rings is 1. The molecule has 2 heterocycles. The Labute approximate surface area is 174 Å². The molecule has 2 saturated heterocycles. The number of nitrogens with zero attached hydrogens (tertiary/aromatic N) is 2. The van der Waals surface area contributed by atoms with Crippen molar-refractivity contribution in [1.82, 2.24) is 9.96 Å². The monoisotopic (exact) mass is 414 g/mol. The van der Waals surface area contributed by atoms with Crippen LogP contribution in [0.2, 0.25) is 0 Å². The van der Waals surface area contributed by atoms with E-state index in [2.05, 4.69) is 0 Å². The van der Waals surface area contributed by atoms with Crippen LogP contribution in [0.25, 0.3) is 0 Å². The third kappa shape index (κ3) is 4.07. The van der Waals surface area contributed by atoms with Crippen molar-refractivity contribution in [1.29, 1.82) is 0 Å². The van der Waals surface area contributed by atoms with Gasteiger partial charge in [0, 0.05) is 25.1 Å². The minimum absolute atomic E-state index is 0.0425. The largest absolute Gasteiger partial charge is 0.342 e. The quantitative estimate of drug-likeness (QED) is 0.751. The van der Waals surface area contributed by atoms with E-state index >= 15 is 0 Å². The summed E-state index contributed by atoms with van der Waals surface area (Å²) in [4.78, 5) is 32.6. The number of hydroxylamine groups is 2. The van der Waals surface area contributed by atoms with Crippen molar-refractivity contribution >= 4 is 11.8 Å². The van der Waals surface area contributed by atoms with Crippen LogP contribution >= 0.6 is 0 Å². The van der Waals surface area contributed by atoms with E-state index in [1.54, 1.807) is 4.90 Å². The Balaban J connectivity index is 1.38. The van der Waals surface area contributed by atoms with E-state index in [9.17, 15) is 18.4 Å². The van der Waals surface area contributed by atoms with Crippen molar-refractivity contribution in [3.05, 3.63) is 71.3 Å². The number of hydrogen-bond donors (Lipinski definition) is 0.